The van der Waals surface area contributed by atoms with Gasteiger partial charge in [-0.2, -0.15) is 5.26 Å². The molecule has 0 saturated carbocycles. The van der Waals surface area contributed by atoms with Crippen LogP contribution in [-0.4, -0.2) is 11.9 Å². The maximum Gasteiger partial charge on any atom is 0.246 e. The van der Waals surface area contributed by atoms with Crippen molar-refractivity contribution in [3.8, 4) is 6.07 Å². The Bertz CT molecular complexity index is 731. The van der Waals surface area contributed by atoms with E-state index < -0.39 is 6.04 Å². The van der Waals surface area contributed by atoms with Crippen molar-refractivity contribution in [3.63, 3.8) is 0 Å². The van der Waals surface area contributed by atoms with Gasteiger partial charge in [-0.05, 0) is 44.5 Å². The van der Waals surface area contributed by atoms with Crippen LogP contribution >= 0.6 is 0 Å². The highest BCUT2D eigenvalue weighted by molar-refractivity contribution is 5.97. The van der Waals surface area contributed by atoms with E-state index in [0.717, 1.165) is 11.3 Å². The van der Waals surface area contributed by atoms with Gasteiger partial charge in [0, 0.05) is 5.69 Å². The summed E-state index contributed by atoms with van der Waals surface area (Å²) in [6.45, 7) is 5.83. The average molecular weight is 293 g/mol. The van der Waals surface area contributed by atoms with Crippen molar-refractivity contribution in [2.75, 3.05) is 10.6 Å². The van der Waals surface area contributed by atoms with E-state index in [0.29, 0.717) is 11.3 Å². The lowest BCUT2D eigenvalue weighted by atomic mass is 10.1. The molecule has 0 aromatic heterocycles. The highest BCUT2D eigenvalue weighted by atomic mass is 16.2. The van der Waals surface area contributed by atoms with Crippen molar-refractivity contribution in [2.45, 2.75) is 26.8 Å². The second kappa shape index (κ2) is 6.77. The number of anilines is 2. The van der Waals surface area contributed by atoms with Gasteiger partial charge in [0.25, 0.3) is 0 Å². The van der Waals surface area contributed by atoms with Gasteiger partial charge in [0.1, 0.15) is 12.1 Å². The normalized spacial score (nSPS) is 11.4. The number of rotatable bonds is 4. The van der Waals surface area contributed by atoms with Crippen LogP contribution in [0.1, 0.15) is 23.6 Å². The maximum atomic E-state index is 12.3. The molecule has 1 atom stereocenters. The lowest BCUT2D eigenvalue weighted by molar-refractivity contribution is -0.116. The summed E-state index contributed by atoms with van der Waals surface area (Å²) in [6, 6.07) is 14.7. The number of aryl methyl sites for hydroxylation is 2. The highest BCUT2D eigenvalue weighted by Crippen LogP contribution is 2.18. The molecule has 2 rings (SSSR count). The molecule has 2 aromatic rings. The van der Waals surface area contributed by atoms with Gasteiger partial charge in [0.05, 0.1) is 11.3 Å². The Morgan fingerprint density at radius 3 is 2.55 bits per heavy atom. The molecule has 0 bridgehead atoms. The van der Waals surface area contributed by atoms with Crippen molar-refractivity contribution < 1.29 is 4.79 Å². The van der Waals surface area contributed by atoms with Gasteiger partial charge in [-0.1, -0.05) is 29.8 Å². The van der Waals surface area contributed by atoms with Gasteiger partial charge in [0.15, 0.2) is 0 Å². The third-order valence-electron chi connectivity index (χ3n) is 3.45. The van der Waals surface area contributed by atoms with Crippen LogP contribution in [0.2, 0.25) is 0 Å². The summed E-state index contributed by atoms with van der Waals surface area (Å²) in [5, 5.41) is 15.0. The first kappa shape index (κ1) is 15.6. The minimum Gasteiger partial charge on any atom is -0.374 e. The molecule has 1 amide bonds. The molecule has 0 aliphatic rings. The van der Waals surface area contributed by atoms with Crippen LogP contribution in [0, 0.1) is 25.2 Å². The van der Waals surface area contributed by atoms with Crippen molar-refractivity contribution in [3.05, 3.63) is 59.2 Å². The number of hydrogen-bond acceptors (Lipinski definition) is 3. The fraction of sp³-hybridized carbons (Fsp3) is 0.222. The number of benzene rings is 2. The molecule has 2 N–H and O–H groups in total. The highest BCUT2D eigenvalue weighted by Gasteiger charge is 2.15. The van der Waals surface area contributed by atoms with Crippen LogP contribution < -0.4 is 10.6 Å². The van der Waals surface area contributed by atoms with E-state index in [9.17, 15) is 4.79 Å². The summed E-state index contributed by atoms with van der Waals surface area (Å²) in [7, 11) is 0. The molecule has 0 fully saturated rings. The second-order valence-electron chi connectivity index (χ2n) is 5.33. The Labute approximate surface area is 130 Å². The maximum absolute atomic E-state index is 12.3. The fourth-order valence-electron chi connectivity index (χ4n) is 2.20. The summed E-state index contributed by atoms with van der Waals surface area (Å²) in [5.41, 5.74) is 4.20. The Balaban J connectivity index is 2.08. The first-order valence-electron chi connectivity index (χ1n) is 7.15. The zero-order valence-electron chi connectivity index (χ0n) is 13.0. The average Bonchev–Trinajstić information content (AvgIpc) is 2.50. The minimum absolute atomic E-state index is 0.178. The molecule has 0 aliphatic heterocycles. The van der Waals surface area contributed by atoms with E-state index >= 15 is 0 Å². The van der Waals surface area contributed by atoms with Crippen molar-refractivity contribution >= 4 is 17.3 Å². The van der Waals surface area contributed by atoms with Crippen molar-refractivity contribution in [2.24, 2.45) is 0 Å². The molecule has 112 valence electrons. The van der Waals surface area contributed by atoms with E-state index in [2.05, 4.69) is 22.8 Å². The zero-order chi connectivity index (χ0) is 16.1. The number of nitrogens with zero attached hydrogens (tertiary/aromatic N) is 1. The molecule has 0 spiro atoms. The minimum atomic E-state index is -0.409. The van der Waals surface area contributed by atoms with E-state index in [1.807, 2.05) is 26.0 Å². The van der Waals surface area contributed by atoms with E-state index in [1.54, 1.807) is 31.2 Å². The predicted molar refractivity (Wildman–Crippen MR) is 88.8 cm³/mol. The Kier molecular flexibility index (Phi) is 4.80. The second-order valence-corrected chi connectivity index (χ2v) is 5.33. The summed E-state index contributed by atoms with van der Waals surface area (Å²) in [4.78, 5) is 12.3. The van der Waals surface area contributed by atoms with Crippen LogP contribution in [0.15, 0.2) is 42.5 Å². The quantitative estimate of drug-likeness (QED) is 0.905. The van der Waals surface area contributed by atoms with Crippen LogP contribution in [0.5, 0.6) is 0 Å². The van der Waals surface area contributed by atoms with E-state index in [-0.39, 0.29) is 5.91 Å². The molecule has 22 heavy (non-hydrogen) atoms. The van der Waals surface area contributed by atoms with Gasteiger partial charge in [-0.15, -0.1) is 0 Å². The van der Waals surface area contributed by atoms with Crippen LogP contribution in [0.25, 0.3) is 0 Å². The molecular weight excluding hydrogens is 274 g/mol. The number of para-hydroxylation sites is 1. The first-order chi connectivity index (χ1) is 10.5. The third-order valence-corrected chi connectivity index (χ3v) is 3.45. The van der Waals surface area contributed by atoms with E-state index in [4.69, 9.17) is 5.26 Å². The number of hydrogen-bond donors (Lipinski definition) is 2. The Hall–Kier alpha value is -2.80. The standard InChI is InChI=1S/C18H19N3O/c1-12-8-9-16(13(2)10-12)20-14(3)18(22)21-17-7-5-4-6-15(17)11-19/h4-10,14,20H,1-3H3,(H,21,22). The van der Waals surface area contributed by atoms with Gasteiger partial charge in [0.2, 0.25) is 5.91 Å². The zero-order valence-corrected chi connectivity index (χ0v) is 13.0. The molecule has 4 heteroatoms. The molecule has 1 unspecified atom stereocenters. The summed E-state index contributed by atoms with van der Waals surface area (Å²) >= 11 is 0. The molecule has 0 heterocycles. The van der Waals surface area contributed by atoms with Gasteiger partial charge >= 0.3 is 0 Å². The number of carbonyl (C=O) groups excluding carboxylic acids is 1. The SMILES string of the molecule is Cc1ccc(NC(C)C(=O)Nc2ccccc2C#N)c(C)c1. The predicted octanol–water partition coefficient (Wildman–Crippen LogP) is 3.61. The fourth-order valence-corrected chi connectivity index (χ4v) is 2.20. The van der Waals surface area contributed by atoms with Gasteiger partial charge in [-0.25, -0.2) is 0 Å². The van der Waals surface area contributed by atoms with Crippen molar-refractivity contribution in [1.29, 1.82) is 5.26 Å². The van der Waals surface area contributed by atoms with Crippen LogP contribution in [-0.2, 0) is 4.79 Å². The third kappa shape index (κ3) is 3.64. The lowest BCUT2D eigenvalue weighted by Gasteiger charge is -2.17. The molecule has 0 aliphatic carbocycles. The first-order valence-corrected chi connectivity index (χ1v) is 7.15. The molecule has 0 saturated heterocycles. The Morgan fingerprint density at radius 2 is 1.86 bits per heavy atom. The molecule has 0 radical (unpaired) electrons. The summed E-state index contributed by atoms with van der Waals surface area (Å²) in [6.07, 6.45) is 0. The molecular formula is C18H19N3O. The molecule has 2 aromatic carbocycles. The van der Waals surface area contributed by atoms with Crippen LogP contribution in [0.3, 0.4) is 0 Å². The topological polar surface area (TPSA) is 64.9 Å². The van der Waals surface area contributed by atoms with E-state index in [1.165, 1.54) is 5.56 Å². The largest absolute Gasteiger partial charge is 0.374 e. The summed E-state index contributed by atoms with van der Waals surface area (Å²) in [5.74, 6) is -0.178. The monoisotopic (exact) mass is 293 g/mol. The molecule has 4 nitrogen and oxygen atoms in total. The Morgan fingerprint density at radius 1 is 1.14 bits per heavy atom. The summed E-state index contributed by atoms with van der Waals surface area (Å²) < 4.78 is 0. The van der Waals surface area contributed by atoms with Gasteiger partial charge in [-0.3, -0.25) is 4.79 Å². The van der Waals surface area contributed by atoms with Crippen LogP contribution in [0.4, 0.5) is 11.4 Å². The number of nitrogens with one attached hydrogen (secondary N) is 2. The smallest absolute Gasteiger partial charge is 0.246 e. The number of nitriles is 1. The lowest BCUT2D eigenvalue weighted by Crippen LogP contribution is -2.32. The van der Waals surface area contributed by atoms with Gasteiger partial charge < -0.3 is 10.6 Å². The van der Waals surface area contributed by atoms with Crippen molar-refractivity contribution in [1.82, 2.24) is 0 Å². The number of amides is 1. The number of carbonyl (C=O) groups is 1.